The Morgan fingerprint density at radius 2 is 1.83 bits per heavy atom. The van der Waals surface area contributed by atoms with E-state index < -0.39 is 10.8 Å². The smallest absolute Gasteiger partial charge is 0.239 e. The average molecular weight is 330 g/mol. The molecule has 0 N–H and O–H groups in total. The van der Waals surface area contributed by atoms with Crippen molar-refractivity contribution in [3.05, 3.63) is 52.8 Å². The zero-order chi connectivity index (χ0) is 16.6. The molecule has 0 aliphatic rings. The molecular weight excluding hydrogens is 312 g/mol. The topological polar surface area (TPSA) is 69.1 Å². The predicted molar refractivity (Wildman–Crippen MR) is 87.5 cm³/mol. The molecule has 3 aromatic rings. The summed E-state index contributed by atoms with van der Waals surface area (Å²) in [5.41, 5.74) is 5.13. The van der Waals surface area contributed by atoms with Gasteiger partial charge < -0.3 is 8.94 Å². The van der Waals surface area contributed by atoms with Crippen LogP contribution in [-0.2, 0) is 16.6 Å². The Balaban J connectivity index is 1.89. The molecule has 0 saturated carbocycles. The van der Waals surface area contributed by atoms with E-state index in [1.165, 1.54) is 0 Å². The zero-order valence-corrected chi connectivity index (χ0v) is 14.4. The van der Waals surface area contributed by atoms with Crippen LogP contribution in [-0.4, -0.2) is 14.3 Å². The van der Waals surface area contributed by atoms with Gasteiger partial charge in [-0.1, -0.05) is 11.2 Å². The van der Waals surface area contributed by atoms with Crippen molar-refractivity contribution in [1.82, 2.24) is 10.1 Å². The second kappa shape index (κ2) is 6.12. The van der Waals surface area contributed by atoms with Crippen LogP contribution >= 0.6 is 0 Å². The third kappa shape index (κ3) is 2.99. The molecule has 5 nitrogen and oxygen atoms in total. The van der Waals surface area contributed by atoms with Crippen LogP contribution in [0.4, 0.5) is 0 Å². The maximum Gasteiger partial charge on any atom is 0.239 e. The van der Waals surface area contributed by atoms with Gasteiger partial charge in [-0.25, -0.2) is 0 Å². The molecule has 0 amide bonds. The number of hydrogen-bond acceptors (Lipinski definition) is 5. The summed E-state index contributed by atoms with van der Waals surface area (Å²) < 4.78 is 23.1. The van der Waals surface area contributed by atoms with Gasteiger partial charge in [0, 0.05) is 4.90 Å². The molecular formula is C17H18N2O3S. The molecule has 2 heterocycles. The number of aromatic nitrogens is 2. The highest BCUT2D eigenvalue weighted by Gasteiger charge is 2.18. The van der Waals surface area contributed by atoms with E-state index in [-0.39, 0.29) is 5.75 Å². The molecule has 6 heteroatoms. The van der Waals surface area contributed by atoms with Crippen molar-refractivity contribution >= 4 is 10.8 Å². The number of benzene rings is 1. The molecule has 120 valence electrons. The van der Waals surface area contributed by atoms with Gasteiger partial charge >= 0.3 is 0 Å². The van der Waals surface area contributed by atoms with Crippen molar-refractivity contribution < 1.29 is 13.1 Å². The Kier molecular flexibility index (Phi) is 4.17. The lowest BCUT2D eigenvalue weighted by molar-refractivity contribution is 0.390. The standard InChI is InChI=1S/C17H18N2O3S/c1-10-7-11(2)13(4)16(12(10)3)23(20)9-15-18-17(19-22-15)14-5-6-21-8-14/h5-8H,9H2,1-4H3. The van der Waals surface area contributed by atoms with E-state index in [1.807, 2.05) is 27.7 Å². The van der Waals surface area contributed by atoms with Crippen LogP contribution < -0.4 is 0 Å². The van der Waals surface area contributed by atoms with Crippen LogP contribution in [0.15, 0.2) is 38.5 Å². The number of aryl methyl sites for hydroxylation is 2. The van der Waals surface area contributed by atoms with Gasteiger partial charge in [-0.2, -0.15) is 4.98 Å². The molecule has 1 atom stereocenters. The molecule has 2 aromatic heterocycles. The molecule has 0 saturated heterocycles. The highest BCUT2D eigenvalue weighted by atomic mass is 32.2. The summed E-state index contributed by atoms with van der Waals surface area (Å²) >= 11 is 0. The molecule has 1 aromatic carbocycles. The van der Waals surface area contributed by atoms with Gasteiger partial charge in [0.05, 0.1) is 22.6 Å². The van der Waals surface area contributed by atoms with Gasteiger partial charge in [0.1, 0.15) is 12.0 Å². The molecule has 0 spiro atoms. The van der Waals surface area contributed by atoms with Crippen LogP contribution in [0.3, 0.4) is 0 Å². The Bertz CT molecular complexity index is 840. The molecule has 0 aliphatic heterocycles. The number of furan rings is 1. The second-order valence-electron chi connectivity index (χ2n) is 5.60. The lowest BCUT2D eigenvalue weighted by atomic mass is 10.0. The second-order valence-corrected chi connectivity index (χ2v) is 6.99. The molecule has 23 heavy (non-hydrogen) atoms. The van der Waals surface area contributed by atoms with Crippen LogP contribution in [0, 0.1) is 27.7 Å². The van der Waals surface area contributed by atoms with Crippen LogP contribution in [0.1, 0.15) is 28.1 Å². The first-order chi connectivity index (χ1) is 11.0. The quantitative estimate of drug-likeness (QED) is 0.726. The SMILES string of the molecule is Cc1cc(C)c(C)c(S(=O)Cc2nc(-c3ccoc3)no2)c1C. The number of nitrogens with zero attached hydrogens (tertiary/aromatic N) is 2. The van der Waals surface area contributed by atoms with Crippen molar-refractivity contribution in [3.63, 3.8) is 0 Å². The van der Waals surface area contributed by atoms with Crippen molar-refractivity contribution in [1.29, 1.82) is 0 Å². The highest BCUT2D eigenvalue weighted by molar-refractivity contribution is 7.84. The lowest BCUT2D eigenvalue weighted by Gasteiger charge is -2.13. The maximum atomic E-state index is 12.8. The Morgan fingerprint density at radius 3 is 2.43 bits per heavy atom. The minimum absolute atomic E-state index is 0.204. The summed E-state index contributed by atoms with van der Waals surface area (Å²) in [5.74, 6) is 1.01. The minimum Gasteiger partial charge on any atom is -0.472 e. The summed E-state index contributed by atoms with van der Waals surface area (Å²) in [6.45, 7) is 8.07. The third-order valence-electron chi connectivity index (χ3n) is 4.03. The molecule has 1 unspecified atom stereocenters. The van der Waals surface area contributed by atoms with Gasteiger partial charge in [0.15, 0.2) is 0 Å². The van der Waals surface area contributed by atoms with Gasteiger partial charge in [0.2, 0.25) is 11.7 Å². The van der Waals surface area contributed by atoms with Crippen molar-refractivity contribution in [2.75, 3.05) is 0 Å². The fraction of sp³-hybridized carbons (Fsp3) is 0.294. The van der Waals surface area contributed by atoms with Gasteiger partial charge in [-0.15, -0.1) is 0 Å². The number of rotatable bonds is 4. The van der Waals surface area contributed by atoms with E-state index in [0.29, 0.717) is 11.7 Å². The van der Waals surface area contributed by atoms with Crippen LogP contribution in [0.2, 0.25) is 0 Å². The zero-order valence-electron chi connectivity index (χ0n) is 13.5. The Hall–Kier alpha value is -2.21. The van der Waals surface area contributed by atoms with E-state index in [4.69, 9.17) is 8.94 Å². The van der Waals surface area contributed by atoms with E-state index in [2.05, 4.69) is 16.2 Å². The average Bonchev–Trinajstić information content (AvgIpc) is 3.16. The number of hydrogen-bond donors (Lipinski definition) is 0. The summed E-state index contributed by atoms with van der Waals surface area (Å²) in [4.78, 5) is 5.16. The van der Waals surface area contributed by atoms with Gasteiger partial charge in [0.25, 0.3) is 0 Å². The van der Waals surface area contributed by atoms with Crippen molar-refractivity contribution in [2.24, 2.45) is 0 Å². The van der Waals surface area contributed by atoms with E-state index in [9.17, 15) is 4.21 Å². The summed E-state index contributed by atoms with van der Waals surface area (Å²) in [7, 11) is -1.23. The highest BCUT2D eigenvalue weighted by Crippen LogP contribution is 2.26. The Labute approximate surface area is 137 Å². The predicted octanol–water partition coefficient (Wildman–Crippen LogP) is 3.87. The molecule has 0 aliphatic carbocycles. The molecule has 0 fully saturated rings. The fourth-order valence-electron chi connectivity index (χ4n) is 2.53. The van der Waals surface area contributed by atoms with Crippen molar-refractivity contribution in [2.45, 2.75) is 38.3 Å². The first kappa shape index (κ1) is 15.7. The maximum absolute atomic E-state index is 12.8. The van der Waals surface area contributed by atoms with Gasteiger partial charge in [-0.05, 0) is 56.0 Å². The summed E-state index contributed by atoms with van der Waals surface area (Å²) in [6.07, 6.45) is 3.09. The first-order valence-corrected chi connectivity index (χ1v) is 8.60. The normalized spacial score (nSPS) is 12.5. The van der Waals surface area contributed by atoms with Gasteiger partial charge in [-0.3, -0.25) is 4.21 Å². The molecule has 0 radical (unpaired) electrons. The first-order valence-electron chi connectivity index (χ1n) is 7.28. The largest absolute Gasteiger partial charge is 0.472 e. The summed E-state index contributed by atoms with van der Waals surface area (Å²) in [6, 6.07) is 3.87. The monoisotopic (exact) mass is 330 g/mol. The lowest BCUT2D eigenvalue weighted by Crippen LogP contribution is -2.05. The van der Waals surface area contributed by atoms with E-state index >= 15 is 0 Å². The summed E-state index contributed by atoms with van der Waals surface area (Å²) in [5, 5.41) is 3.90. The van der Waals surface area contributed by atoms with E-state index in [0.717, 1.165) is 32.7 Å². The minimum atomic E-state index is -1.23. The van der Waals surface area contributed by atoms with Crippen LogP contribution in [0.25, 0.3) is 11.4 Å². The molecule has 3 rings (SSSR count). The third-order valence-corrected chi connectivity index (χ3v) is 5.60. The molecule has 0 bridgehead atoms. The van der Waals surface area contributed by atoms with Crippen molar-refractivity contribution in [3.8, 4) is 11.4 Å². The fourth-order valence-corrected chi connectivity index (χ4v) is 4.02. The Morgan fingerprint density at radius 1 is 1.13 bits per heavy atom. The van der Waals surface area contributed by atoms with E-state index in [1.54, 1.807) is 18.6 Å². The van der Waals surface area contributed by atoms with Crippen LogP contribution in [0.5, 0.6) is 0 Å².